The van der Waals surface area contributed by atoms with Gasteiger partial charge in [0, 0.05) is 30.4 Å². The van der Waals surface area contributed by atoms with Crippen molar-refractivity contribution >= 4 is 70.4 Å². The molecule has 10 nitrogen and oxygen atoms in total. The van der Waals surface area contributed by atoms with Crippen LogP contribution in [0.1, 0.15) is 37.5 Å². The maximum Gasteiger partial charge on any atom is 0.331 e. The van der Waals surface area contributed by atoms with Crippen LogP contribution in [-0.2, 0) is 13.8 Å². The van der Waals surface area contributed by atoms with E-state index in [0.29, 0.717) is 11.7 Å². The Morgan fingerprint density at radius 3 is 2.51 bits per heavy atom. The normalized spacial score (nSPS) is 14.3. The van der Waals surface area contributed by atoms with Crippen molar-refractivity contribution in [2.45, 2.75) is 45.6 Å². The number of carbonyl (C=O) groups is 3. The van der Waals surface area contributed by atoms with Gasteiger partial charge >= 0.3 is 6.03 Å². The van der Waals surface area contributed by atoms with Crippen LogP contribution in [0.25, 0.3) is 10.2 Å². The maximum atomic E-state index is 12.5. The van der Waals surface area contributed by atoms with Gasteiger partial charge in [-0.2, -0.15) is 0 Å². The van der Waals surface area contributed by atoms with E-state index >= 15 is 0 Å². The minimum atomic E-state index is -0.481. The van der Waals surface area contributed by atoms with Crippen LogP contribution in [0.2, 0.25) is 0 Å². The number of hydrogen-bond donors (Lipinski definition) is 4. The van der Waals surface area contributed by atoms with Gasteiger partial charge in [-0.05, 0) is 57.8 Å². The van der Waals surface area contributed by atoms with Gasteiger partial charge in [-0.25, -0.2) is 9.78 Å². The number of amides is 4. The van der Waals surface area contributed by atoms with Gasteiger partial charge in [-0.1, -0.05) is 26.0 Å². The standard InChI is InChI=1S/C15H14N4OS.C6H11NO.C3H5NO.CH4OS/c1-4-10(8-16-5-2)19-11-6-7-17-14-12(11)13(9(3)21-14)18-15(19)20;8-5-7-6-3-1-2-4-6;1-2-3(4)5;1-2-3/h4-8H,1H2,2-3H3,(H,18,20);5-6H,1-4H2,(H,7,8);2H,1H2,(H2,4,5);3H,1H3/b10-8+,16-5?;;;. The van der Waals surface area contributed by atoms with Crippen molar-refractivity contribution in [1.82, 2.24) is 10.3 Å². The van der Waals surface area contributed by atoms with Crippen LogP contribution in [-0.4, -0.2) is 42.7 Å². The number of aromatic nitrogens is 1. The molecule has 1 fully saturated rings. The molecule has 200 valence electrons. The van der Waals surface area contributed by atoms with Gasteiger partial charge in [0.1, 0.15) is 4.83 Å². The second kappa shape index (κ2) is 17.1. The Balaban J connectivity index is 0.000000351. The minimum absolute atomic E-state index is 0.214. The van der Waals surface area contributed by atoms with E-state index < -0.39 is 5.91 Å². The van der Waals surface area contributed by atoms with E-state index in [2.05, 4.69) is 56.6 Å². The maximum absolute atomic E-state index is 12.5. The zero-order valence-corrected chi connectivity index (χ0v) is 23.0. The molecule has 12 heteroatoms. The third-order valence-corrected chi connectivity index (χ3v) is 6.12. The number of aliphatic imine (C=N–C) groups is 1. The van der Waals surface area contributed by atoms with Crippen molar-refractivity contribution < 1.29 is 18.6 Å². The molecule has 3 heterocycles. The fourth-order valence-electron chi connectivity index (χ4n) is 3.52. The number of primary amides is 1. The quantitative estimate of drug-likeness (QED) is 0.102. The molecule has 0 bridgehead atoms. The molecule has 2 aliphatic rings. The van der Waals surface area contributed by atoms with Gasteiger partial charge in [0.2, 0.25) is 12.3 Å². The molecule has 1 aliphatic heterocycles. The number of nitrogens with zero attached hydrogens (tertiary/aromatic N) is 3. The largest absolute Gasteiger partial charge is 0.366 e. The van der Waals surface area contributed by atoms with Gasteiger partial charge in [0.25, 0.3) is 0 Å². The van der Waals surface area contributed by atoms with Crippen molar-refractivity contribution in [1.29, 1.82) is 0 Å². The number of urea groups is 1. The molecule has 37 heavy (non-hydrogen) atoms. The Morgan fingerprint density at radius 2 is 2.00 bits per heavy atom. The molecule has 4 amide bonds. The highest BCUT2D eigenvalue weighted by molar-refractivity contribution is 7.75. The average molecular weight is 547 g/mol. The lowest BCUT2D eigenvalue weighted by molar-refractivity contribution is -0.113. The molecular weight excluding hydrogens is 512 g/mol. The summed E-state index contributed by atoms with van der Waals surface area (Å²) >= 11 is 4.86. The first-order valence-electron chi connectivity index (χ1n) is 11.4. The van der Waals surface area contributed by atoms with Crippen LogP contribution in [0, 0.1) is 6.92 Å². The number of nitrogens with one attached hydrogen (secondary N) is 2. The van der Waals surface area contributed by atoms with E-state index in [9.17, 15) is 14.4 Å². The van der Waals surface area contributed by atoms with E-state index in [1.165, 1.54) is 32.8 Å². The number of carbonyl (C=O) groups excluding carboxylic acids is 3. The number of thiol groups is 1. The summed E-state index contributed by atoms with van der Waals surface area (Å²) in [7, 11) is 1.49. The molecule has 4 rings (SSSR count). The Labute approximate surface area is 227 Å². The molecule has 0 aromatic carbocycles. The van der Waals surface area contributed by atoms with Crippen molar-refractivity contribution in [3.63, 3.8) is 0 Å². The molecule has 0 radical (unpaired) electrons. The number of pyridine rings is 1. The van der Waals surface area contributed by atoms with Crippen LogP contribution in [0.4, 0.5) is 16.2 Å². The summed E-state index contributed by atoms with van der Waals surface area (Å²) in [6.07, 6.45) is 13.4. The fourth-order valence-corrected chi connectivity index (χ4v) is 4.49. The number of anilines is 2. The number of rotatable bonds is 6. The first-order valence-corrected chi connectivity index (χ1v) is 12.6. The number of aryl methyl sites for hydroxylation is 1. The molecular formula is C25H34N6O4S2. The third-order valence-electron chi connectivity index (χ3n) is 5.11. The van der Waals surface area contributed by atoms with Crippen LogP contribution < -0.4 is 21.3 Å². The van der Waals surface area contributed by atoms with Gasteiger partial charge in [-0.15, -0.1) is 11.3 Å². The summed E-state index contributed by atoms with van der Waals surface area (Å²) < 4.78 is 3.94. The summed E-state index contributed by atoms with van der Waals surface area (Å²) in [5.41, 5.74) is 6.81. The smallest absolute Gasteiger partial charge is 0.331 e. The number of hydrogen-bond acceptors (Lipinski definition) is 8. The summed E-state index contributed by atoms with van der Waals surface area (Å²) in [5.74, 6) is -0.481. The van der Waals surface area contributed by atoms with Crippen LogP contribution >= 0.6 is 24.2 Å². The Bertz CT molecular complexity index is 1140. The highest BCUT2D eigenvalue weighted by Crippen LogP contribution is 2.44. The van der Waals surface area contributed by atoms with E-state index in [-0.39, 0.29) is 6.03 Å². The van der Waals surface area contributed by atoms with E-state index in [4.69, 9.17) is 0 Å². The lowest BCUT2D eigenvalue weighted by atomic mass is 10.1. The van der Waals surface area contributed by atoms with Crippen LogP contribution in [0.15, 0.2) is 54.5 Å². The number of allylic oxidation sites excluding steroid dienone is 1. The molecule has 4 N–H and O–H groups in total. The zero-order valence-electron chi connectivity index (χ0n) is 21.3. The number of thiophene rings is 1. The Hall–Kier alpha value is -3.48. The first kappa shape index (κ1) is 31.5. The van der Waals surface area contributed by atoms with Gasteiger partial charge in [0.15, 0.2) is 0 Å². The van der Waals surface area contributed by atoms with E-state index in [1.807, 2.05) is 19.9 Å². The van der Waals surface area contributed by atoms with Crippen molar-refractivity contribution in [2.24, 2.45) is 10.7 Å². The Morgan fingerprint density at radius 1 is 1.38 bits per heavy atom. The zero-order chi connectivity index (χ0) is 27.8. The molecule has 0 atom stereocenters. The third kappa shape index (κ3) is 9.48. The highest BCUT2D eigenvalue weighted by Gasteiger charge is 2.30. The highest BCUT2D eigenvalue weighted by atomic mass is 32.1. The van der Waals surface area contributed by atoms with Crippen LogP contribution in [0.5, 0.6) is 0 Å². The van der Waals surface area contributed by atoms with Gasteiger partial charge < -0.3 is 20.6 Å². The molecule has 0 unspecified atom stereocenters. The van der Waals surface area contributed by atoms with Crippen LogP contribution in [0.3, 0.4) is 0 Å². The Kier molecular flexibility index (Phi) is 14.5. The molecule has 2 aromatic heterocycles. The molecule has 1 saturated carbocycles. The lowest BCUT2D eigenvalue weighted by Crippen LogP contribution is -2.36. The SMILES string of the molecule is C=C/C(=C\N=CC)N1C(=O)Nc2c(C)sc3nccc1c23.C=CC(N)=O.COS.O=CNC1CCCC1. The van der Waals surface area contributed by atoms with E-state index in [1.54, 1.807) is 40.9 Å². The summed E-state index contributed by atoms with van der Waals surface area (Å²) in [6.45, 7) is 10.7. The fraction of sp³-hybridized carbons (Fsp3) is 0.320. The molecule has 0 spiro atoms. The van der Waals surface area contributed by atoms with Crippen molar-refractivity contribution in [2.75, 3.05) is 17.3 Å². The number of nitrogens with two attached hydrogens (primary N) is 1. The van der Waals surface area contributed by atoms with Gasteiger partial charge in [-0.3, -0.25) is 19.5 Å². The molecule has 0 saturated heterocycles. The van der Waals surface area contributed by atoms with Crippen molar-refractivity contribution in [3.8, 4) is 0 Å². The summed E-state index contributed by atoms with van der Waals surface area (Å²) in [6, 6.07) is 2.12. The average Bonchev–Trinajstić information content (AvgIpc) is 3.51. The van der Waals surface area contributed by atoms with Gasteiger partial charge in [0.05, 0.1) is 28.7 Å². The lowest BCUT2D eigenvalue weighted by Gasteiger charge is -2.28. The minimum Gasteiger partial charge on any atom is -0.366 e. The topological polar surface area (TPSA) is 139 Å². The summed E-state index contributed by atoms with van der Waals surface area (Å²) in [5, 5.41) is 6.66. The predicted octanol–water partition coefficient (Wildman–Crippen LogP) is 4.89. The van der Waals surface area contributed by atoms with E-state index in [0.717, 1.165) is 39.0 Å². The summed E-state index contributed by atoms with van der Waals surface area (Å²) in [4.78, 5) is 43.8. The molecule has 2 aromatic rings. The monoisotopic (exact) mass is 546 g/mol. The second-order valence-corrected chi connectivity index (χ2v) is 9.10. The molecule has 1 aliphatic carbocycles. The predicted molar refractivity (Wildman–Crippen MR) is 155 cm³/mol. The first-order chi connectivity index (χ1) is 17.8. The second-order valence-electron chi connectivity index (χ2n) is 7.53. The van der Waals surface area contributed by atoms with Crippen molar-refractivity contribution in [3.05, 3.63) is 54.3 Å².